The van der Waals surface area contributed by atoms with Gasteiger partial charge in [0.25, 0.3) is 0 Å². The van der Waals surface area contributed by atoms with Crippen molar-refractivity contribution in [3.63, 3.8) is 0 Å². The van der Waals surface area contributed by atoms with Gasteiger partial charge in [-0.05, 0) is 31.9 Å². The summed E-state index contributed by atoms with van der Waals surface area (Å²) in [5.74, 6) is -1.46. The summed E-state index contributed by atoms with van der Waals surface area (Å²) in [5, 5.41) is 9.04. The first kappa shape index (κ1) is 18.3. The lowest BCUT2D eigenvalue weighted by Gasteiger charge is -2.35. The molecule has 0 aromatic heterocycles. The molecule has 1 fully saturated rings. The Morgan fingerprint density at radius 2 is 1.96 bits per heavy atom. The number of aliphatic carboxylic acids is 1. The van der Waals surface area contributed by atoms with Gasteiger partial charge in [0.05, 0.1) is 18.1 Å². The highest BCUT2D eigenvalue weighted by Crippen LogP contribution is 2.39. The van der Waals surface area contributed by atoms with Gasteiger partial charge in [-0.15, -0.1) is 0 Å². The molecule has 2 unspecified atom stereocenters. The number of carboxylic acids is 1. The number of benzene rings is 1. The Morgan fingerprint density at radius 3 is 2.52 bits per heavy atom. The molecule has 23 heavy (non-hydrogen) atoms. The van der Waals surface area contributed by atoms with E-state index in [1.54, 1.807) is 6.92 Å². The van der Waals surface area contributed by atoms with Crippen molar-refractivity contribution in [1.29, 1.82) is 0 Å². The van der Waals surface area contributed by atoms with E-state index in [1.165, 1.54) is 23.5 Å². The van der Waals surface area contributed by atoms with E-state index >= 15 is 0 Å². The molecule has 0 aliphatic carbocycles. The topological polar surface area (TPSA) is 83.9 Å². The molecule has 1 aliphatic heterocycles. The minimum atomic E-state index is -3.96. The fourth-order valence-corrected chi connectivity index (χ4v) is 5.13. The average molecular weight is 382 g/mol. The number of rotatable bonds is 4. The zero-order valence-electron chi connectivity index (χ0n) is 12.6. The van der Waals surface area contributed by atoms with Gasteiger partial charge in [0, 0.05) is 12.6 Å². The van der Waals surface area contributed by atoms with E-state index in [1.807, 2.05) is 0 Å². The molecule has 2 atom stereocenters. The maximum absolute atomic E-state index is 12.9. The summed E-state index contributed by atoms with van der Waals surface area (Å²) >= 11 is 12.1. The Kier molecular flexibility index (Phi) is 5.45. The zero-order valence-corrected chi connectivity index (χ0v) is 15.0. The van der Waals surface area contributed by atoms with Crippen molar-refractivity contribution in [2.75, 3.05) is 13.7 Å². The molecule has 0 radical (unpaired) electrons. The van der Waals surface area contributed by atoms with Crippen LogP contribution in [0.1, 0.15) is 19.8 Å². The third kappa shape index (κ3) is 3.42. The number of carbonyl (C=O) groups is 1. The largest absolute Gasteiger partial charge is 0.495 e. The Balaban J connectivity index is 2.45. The van der Waals surface area contributed by atoms with Crippen molar-refractivity contribution in [2.24, 2.45) is 5.92 Å². The van der Waals surface area contributed by atoms with Gasteiger partial charge >= 0.3 is 5.97 Å². The van der Waals surface area contributed by atoms with Crippen molar-refractivity contribution in [2.45, 2.75) is 30.7 Å². The number of piperidine rings is 1. The molecule has 1 aromatic carbocycles. The highest BCUT2D eigenvalue weighted by molar-refractivity contribution is 7.89. The second kappa shape index (κ2) is 6.84. The summed E-state index contributed by atoms with van der Waals surface area (Å²) in [4.78, 5) is 11.0. The summed E-state index contributed by atoms with van der Waals surface area (Å²) in [6.07, 6.45) is 0.914. The van der Waals surface area contributed by atoms with Gasteiger partial charge < -0.3 is 9.84 Å². The van der Waals surface area contributed by atoms with Crippen LogP contribution in [0, 0.1) is 5.92 Å². The normalized spacial score (nSPS) is 22.8. The van der Waals surface area contributed by atoms with Gasteiger partial charge in [-0.25, -0.2) is 8.42 Å². The van der Waals surface area contributed by atoms with E-state index in [9.17, 15) is 13.2 Å². The number of carboxylic acid groups (broad SMARTS) is 1. The first-order chi connectivity index (χ1) is 10.7. The van der Waals surface area contributed by atoms with E-state index in [-0.39, 0.29) is 33.3 Å². The molecule has 128 valence electrons. The molecular formula is C14H17Cl2NO5S. The molecular weight excluding hydrogens is 365 g/mol. The molecule has 2 rings (SSSR count). The molecule has 0 bridgehead atoms. The van der Waals surface area contributed by atoms with Crippen LogP contribution >= 0.6 is 23.2 Å². The molecule has 1 aromatic rings. The SMILES string of the molecule is COc1ccc(S(=O)(=O)N2CC(C(=O)O)CCC2C)c(Cl)c1Cl. The maximum atomic E-state index is 12.9. The van der Waals surface area contributed by atoms with Crippen LogP contribution in [-0.4, -0.2) is 43.5 Å². The lowest BCUT2D eigenvalue weighted by Crippen LogP contribution is -2.47. The number of ether oxygens (including phenoxy) is 1. The van der Waals surface area contributed by atoms with Gasteiger partial charge in [-0.2, -0.15) is 4.31 Å². The average Bonchev–Trinajstić information content (AvgIpc) is 2.49. The van der Waals surface area contributed by atoms with Crippen LogP contribution in [0.4, 0.5) is 0 Å². The zero-order chi connectivity index (χ0) is 17.4. The summed E-state index contributed by atoms with van der Waals surface area (Å²) < 4.78 is 32.0. The lowest BCUT2D eigenvalue weighted by molar-refractivity contribution is -0.143. The Hall–Kier alpha value is -1.02. The van der Waals surface area contributed by atoms with Crippen LogP contribution in [0.5, 0.6) is 5.75 Å². The second-order valence-electron chi connectivity index (χ2n) is 5.43. The van der Waals surface area contributed by atoms with Crippen LogP contribution < -0.4 is 4.74 Å². The molecule has 0 saturated carbocycles. The van der Waals surface area contributed by atoms with Crippen LogP contribution in [0.15, 0.2) is 17.0 Å². The molecule has 1 N–H and O–H groups in total. The third-order valence-electron chi connectivity index (χ3n) is 3.99. The van der Waals surface area contributed by atoms with E-state index in [0.29, 0.717) is 12.8 Å². The first-order valence-corrected chi connectivity index (χ1v) is 9.16. The molecule has 9 heteroatoms. The molecule has 1 saturated heterocycles. The van der Waals surface area contributed by atoms with Crippen LogP contribution in [0.2, 0.25) is 10.0 Å². The number of nitrogens with zero attached hydrogens (tertiary/aromatic N) is 1. The minimum absolute atomic E-state index is 0.00897. The Morgan fingerprint density at radius 1 is 1.30 bits per heavy atom. The Bertz CT molecular complexity index is 722. The van der Waals surface area contributed by atoms with Gasteiger partial charge in [0.2, 0.25) is 10.0 Å². The summed E-state index contributed by atoms with van der Waals surface area (Å²) in [6.45, 7) is 1.66. The fourth-order valence-electron chi connectivity index (χ4n) is 2.61. The number of halogens is 2. The predicted molar refractivity (Wildman–Crippen MR) is 86.7 cm³/mol. The van der Waals surface area contributed by atoms with Gasteiger partial charge in [-0.1, -0.05) is 23.2 Å². The highest BCUT2D eigenvalue weighted by atomic mass is 35.5. The predicted octanol–water partition coefficient (Wildman–Crippen LogP) is 2.88. The number of sulfonamides is 1. The summed E-state index contributed by atoms with van der Waals surface area (Å²) in [7, 11) is -2.56. The van der Waals surface area contributed by atoms with Crippen molar-refractivity contribution >= 4 is 39.2 Å². The van der Waals surface area contributed by atoms with Crippen molar-refractivity contribution in [3.8, 4) is 5.75 Å². The summed E-state index contributed by atoms with van der Waals surface area (Å²) in [5.41, 5.74) is 0. The van der Waals surface area contributed by atoms with Gasteiger partial charge in [0.1, 0.15) is 15.7 Å². The summed E-state index contributed by atoms with van der Waals surface area (Å²) in [6, 6.07) is 2.43. The maximum Gasteiger partial charge on any atom is 0.307 e. The number of methoxy groups -OCH3 is 1. The lowest BCUT2D eigenvalue weighted by atomic mass is 9.96. The standard InChI is InChI=1S/C14H17Cl2NO5S/c1-8-3-4-9(14(18)19)7-17(8)23(20,21)11-6-5-10(22-2)12(15)13(11)16/h5-6,8-9H,3-4,7H2,1-2H3,(H,18,19). The monoisotopic (exact) mass is 381 g/mol. The molecule has 1 heterocycles. The second-order valence-corrected chi connectivity index (χ2v) is 8.05. The quantitative estimate of drug-likeness (QED) is 0.866. The fraction of sp³-hybridized carbons (Fsp3) is 0.500. The Labute approximate surface area is 145 Å². The van der Waals surface area contributed by atoms with Crippen molar-refractivity contribution in [1.82, 2.24) is 4.31 Å². The van der Waals surface area contributed by atoms with Crippen LogP contribution in [-0.2, 0) is 14.8 Å². The first-order valence-electron chi connectivity index (χ1n) is 6.96. The number of hydrogen-bond donors (Lipinski definition) is 1. The van der Waals surface area contributed by atoms with Crippen molar-refractivity contribution in [3.05, 3.63) is 22.2 Å². The van der Waals surface area contributed by atoms with E-state index < -0.39 is 21.9 Å². The molecule has 0 spiro atoms. The number of hydrogen-bond acceptors (Lipinski definition) is 4. The minimum Gasteiger partial charge on any atom is -0.495 e. The molecule has 6 nitrogen and oxygen atoms in total. The van der Waals surface area contributed by atoms with Gasteiger partial charge in [0.15, 0.2) is 0 Å². The van der Waals surface area contributed by atoms with Crippen LogP contribution in [0.3, 0.4) is 0 Å². The van der Waals surface area contributed by atoms with Crippen molar-refractivity contribution < 1.29 is 23.1 Å². The van der Waals surface area contributed by atoms with Crippen LogP contribution in [0.25, 0.3) is 0 Å². The van der Waals surface area contributed by atoms with Gasteiger partial charge in [-0.3, -0.25) is 4.79 Å². The smallest absolute Gasteiger partial charge is 0.307 e. The van der Waals surface area contributed by atoms with E-state index in [2.05, 4.69) is 0 Å². The van der Waals surface area contributed by atoms with E-state index in [0.717, 1.165) is 0 Å². The molecule has 1 aliphatic rings. The third-order valence-corrected chi connectivity index (χ3v) is 6.99. The highest BCUT2D eigenvalue weighted by Gasteiger charge is 2.38. The molecule has 0 amide bonds. The van der Waals surface area contributed by atoms with E-state index in [4.69, 9.17) is 33.0 Å².